The van der Waals surface area contributed by atoms with Gasteiger partial charge in [-0.3, -0.25) is 9.10 Å². The molecule has 3 aromatic carbocycles. The second-order valence-corrected chi connectivity index (χ2v) is 9.70. The smallest absolute Gasteiger partial charge is 0.264 e. The summed E-state index contributed by atoms with van der Waals surface area (Å²) >= 11 is 0. The third-order valence-electron chi connectivity index (χ3n) is 5.26. The largest absolute Gasteiger partial charge is 0.350 e. The lowest BCUT2D eigenvalue weighted by atomic mass is 10.1. The van der Waals surface area contributed by atoms with Gasteiger partial charge in [0.25, 0.3) is 15.9 Å². The van der Waals surface area contributed by atoms with Crippen LogP contribution in [0.3, 0.4) is 0 Å². The number of aryl methyl sites for hydroxylation is 2. The molecule has 0 spiro atoms. The second kappa shape index (κ2) is 9.79. The molecule has 1 atom stereocenters. The van der Waals surface area contributed by atoms with Crippen LogP contribution in [0.25, 0.3) is 0 Å². The third-order valence-corrected chi connectivity index (χ3v) is 7.06. The van der Waals surface area contributed by atoms with E-state index in [4.69, 9.17) is 0 Å². The van der Waals surface area contributed by atoms with E-state index >= 15 is 0 Å². The van der Waals surface area contributed by atoms with E-state index in [1.54, 1.807) is 48.5 Å². The molecule has 0 saturated carbocycles. The molecule has 5 nitrogen and oxygen atoms in total. The molecule has 1 unspecified atom stereocenters. The summed E-state index contributed by atoms with van der Waals surface area (Å²) in [5.74, 6) is -0.170. The predicted octanol–water partition coefficient (Wildman–Crippen LogP) is 4.57. The van der Waals surface area contributed by atoms with Gasteiger partial charge in [-0.15, -0.1) is 0 Å². The molecule has 3 rings (SSSR count). The zero-order chi connectivity index (χ0) is 22.4. The fourth-order valence-corrected chi connectivity index (χ4v) is 4.43. The minimum absolute atomic E-state index is 0.0250. The van der Waals surface area contributed by atoms with Crippen LogP contribution in [0, 0.1) is 6.92 Å². The van der Waals surface area contributed by atoms with Gasteiger partial charge in [-0.1, -0.05) is 48.0 Å². The van der Waals surface area contributed by atoms with Crippen molar-refractivity contribution in [3.05, 3.63) is 95.6 Å². The number of carbonyl (C=O) groups is 1. The van der Waals surface area contributed by atoms with Crippen LogP contribution in [0.15, 0.2) is 83.8 Å². The molecule has 0 saturated heterocycles. The number of hydrogen-bond acceptors (Lipinski definition) is 3. The first-order valence-corrected chi connectivity index (χ1v) is 11.7. The fourth-order valence-electron chi connectivity index (χ4n) is 3.24. The van der Waals surface area contributed by atoms with Crippen molar-refractivity contribution < 1.29 is 13.2 Å². The summed E-state index contributed by atoms with van der Waals surface area (Å²) in [6.07, 6.45) is 1.73. The summed E-state index contributed by atoms with van der Waals surface area (Å²) in [5.41, 5.74) is 3.23. The Morgan fingerprint density at radius 2 is 1.55 bits per heavy atom. The molecule has 3 aromatic rings. The van der Waals surface area contributed by atoms with E-state index in [9.17, 15) is 13.2 Å². The Hall–Kier alpha value is -3.12. The van der Waals surface area contributed by atoms with Gasteiger partial charge >= 0.3 is 0 Å². The molecule has 0 aliphatic carbocycles. The van der Waals surface area contributed by atoms with Gasteiger partial charge in [-0.25, -0.2) is 8.42 Å². The van der Waals surface area contributed by atoms with Crippen LogP contribution in [-0.4, -0.2) is 27.4 Å². The molecule has 1 amide bonds. The lowest BCUT2D eigenvalue weighted by Gasteiger charge is -2.20. The van der Waals surface area contributed by atoms with Crippen LogP contribution < -0.4 is 9.62 Å². The first-order chi connectivity index (χ1) is 14.8. The minimum Gasteiger partial charge on any atom is -0.350 e. The average molecular weight is 437 g/mol. The highest BCUT2D eigenvalue weighted by atomic mass is 32.2. The number of anilines is 1. The van der Waals surface area contributed by atoms with E-state index < -0.39 is 10.0 Å². The summed E-state index contributed by atoms with van der Waals surface area (Å²) in [6.45, 7) is 3.89. The molecule has 0 bridgehead atoms. The van der Waals surface area contributed by atoms with Crippen LogP contribution in [0.5, 0.6) is 0 Å². The number of hydrogen-bond donors (Lipinski definition) is 1. The molecular formula is C25H28N2O3S. The molecule has 1 N–H and O–H groups in total. The van der Waals surface area contributed by atoms with Gasteiger partial charge < -0.3 is 5.32 Å². The van der Waals surface area contributed by atoms with Gasteiger partial charge in [0.1, 0.15) is 0 Å². The summed E-state index contributed by atoms with van der Waals surface area (Å²) in [4.78, 5) is 12.8. The zero-order valence-electron chi connectivity index (χ0n) is 18.1. The highest BCUT2D eigenvalue weighted by Gasteiger charge is 2.21. The Balaban J connectivity index is 1.62. The molecule has 0 fully saturated rings. The van der Waals surface area contributed by atoms with Gasteiger partial charge in [0.2, 0.25) is 0 Å². The van der Waals surface area contributed by atoms with Crippen molar-refractivity contribution in [2.24, 2.45) is 0 Å². The van der Waals surface area contributed by atoms with E-state index in [-0.39, 0.29) is 16.8 Å². The molecule has 6 heteroatoms. The molecule has 0 aliphatic heterocycles. The van der Waals surface area contributed by atoms with Crippen LogP contribution in [0.1, 0.15) is 34.8 Å². The van der Waals surface area contributed by atoms with E-state index in [2.05, 4.69) is 17.4 Å². The quantitative estimate of drug-likeness (QED) is 0.562. The van der Waals surface area contributed by atoms with Crippen molar-refractivity contribution in [3.63, 3.8) is 0 Å². The predicted molar refractivity (Wildman–Crippen MR) is 125 cm³/mol. The van der Waals surface area contributed by atoms with Crippen molar-refractivity contribution in [1.29, 1.82) is 0 Å². The Kier molecular flexibility index (Phi) is 7.13. The van der Waals surface area contributed by atoms with E-state index in [1.165, 1.54) is 16.9 Å². The van der Waals surface area contributed by atoms with Gasteiger partial charge in [0.15, 0.2) is 0 Å². The van der Waals surface area contributed by atoms with Gasteiger partial charge in [-0.05, 0) is 68.7 Å². The molecule has 0 aromatic heterocycles. The SMILES string of the molecule is Cc1ccc(S(=O)(=O)N(C)c2ccc(C(=O)NC(C)CCc3ccccc3)cc2)cc1. The number of benzene rings is 3. The maximum Gasteiger partial charge on any atom is 0.264 e. The normalized spacial score (nSPS) is 12.2. The highest BCUT2D eigenvalue weighted by Crippen LogP contribution is 2.22. The van der Waals surface area contributed by atoms with E-state index in [1.807, 2.05) is 32.0 Å². The molecule has 162 valence electrons. The monoisotopic (exact) mass is 436 g/mol. The Morgan fingerprint density at radius 1 is 0.935 bits per heavy atom. The van der Waals surface area contributed by atoms with E-state index in [0.29, 0.717) is 11.3 Å². The standard InChI is InChI=1S/C25H28N2O3S/c1-19-9-17-24(18-10-19)31(29,30)27(3)23-15-13-22(14-16-23)25(28)26-20(2)11-12-21-7-5-4-6-8-21/h4-10,13-18,20H,11-12H2,1-3H3,(H,26,28). The number of nitrogens with one attached hydrogen (secondary N) is 1. The fraction of sp³-hybridized carbons (Fsp3) is 0.240. The maximum atomic E-state index is 12.8. The van der Waals surface area contributed by atoms with E-state index in [0.717, 1.165) is 18.4 Å². The zero-order valence-corrected chi connectivity index (χ0v) is 18.9. The first kappa shape index (κ1) is 22.6. The van der Waals surface area contributed by atoms with Crippen molar-refractivity contribution in [1.82, 2.24) is 5.32 Å². The minimum atomic E-state index is -3.66. The lowest BCUT2D eigenvalue weighted by molar-refractivity contribution is 0.0938. The van der Waals surface area contributed by atoms with Gasteiger partial charge in [0, 0.05) is 18.7 Å². The summed E-state index contributed by atoms with van der Waals surface area (Å²) in [7, 11) is -2.15. The van der Waals surface area contributed by atoms with Crippen molar-refractivity contribution >= 4 is 21.6 Å². The van der Waals surface area contributed by atoms with Crippen LogP contribution in [-0.2, 0) is 16.4 Å². The molecule has 31 heavy (non-hydrogen) atoms. The number of nitrogens with zero attached hydrogens (tertiary/aromatic N) is 1. The summed E-state index contributed by atoms with van der Waals surface area (Å²) < 4.78 is 26.9. The summed E-state index contributed by atoms with van der Waals surface area (Å²) in [6, 6.07) is 23.5. The average Bonchev–Trinajstić information content (AvgIpc) is 2.78. The van der Waals surface area contributed by atoms with Crippen molar-refractivity contribution in [3.8, 4) is 0 Å². The number of rotatable bonds is 8. The Bertz CT molecular complexity index is 1110. The first-order valence-electron chi connectivity index (χ1n) is 10.3. The Morgan fingerprint density at radius 3 is 2.16 bits per heavy atom. The number of amides is 1. The van der Waals surface area contributed by atoms with Crippen molar-refractivity contribution in [2.45, 2.75) is 37.6 Å². The molecule has 0 radical (unpaired) electrons. The summed E-state index contributed by atoms with van der Waals surface area (Å²) in [5, 5.41) is 3.01. The van der Waals surface area contributed by atoms with Crippen molar-refractivity contribution in [2.75, 3.05) is 11.4 Å². The number of sulfonamides is 1. The molecular weight excluding hydrogens is 408 g/mol. The Labute approximate surface area is 184 Å². The number of carbonyl (C=O) groups excluding carboxylic acids is 1. The van der Waals surface area contributed by atoms with Crippen LogP contribution in [0.4, 0.5) is 5.69 Å². The van der Waals surface area contributed by atoms with Gasteiger partial charge in [0.05, 0.1) is 10.6 Å². The molecule has 0 heterocycles. The highest BCUT2D eigenvalue weighted by molar-refractivity contribution is 7.92. The van der Waals surface area contributed by atoms with Crippen LogP contribution in [0.2, 0.25) is 0 Å². The van der Waals surface area contributed by atoms with Gasteiger partial charge in [-0.2, -0.15) is 0 Å². The third kappa shape index (κ3) is 5.73. The van der Waals surface area contributed by atoms with Crippen LogP contribution >= 0.6 is 0 Å². The molecule has 0 aliphatic rings. The lowest BCUT2D eigenvalue weighted by Crippen LogP contribution is -2.33. The topological polar surface area (TPSA) is 66.5 Å². The second-order valence-electron chi connectivity index (χ2n) is 7.73. The maximum absolute atomic E-state index is 12.8.